The van der Waals surface area contributed by atoms with Gasteiger partial charge in [0.2, 0.25) is 5.91 Å². The van der Waals surface area contributed by atoms with Crippen LogP contribution in [-0.4, -0.2) is 11.0 Å². The topological polar surface area (TPSA) is 41.1 Å². The Morgan fingerprint density at radius 1 is 0.893 bits per heavy atom. The van der Waals surface area contributed by atoms with Crippen LogP contribution in [0.3, 0.4) is 0 Å². The van der Waals surface area contributed by atoms with Gasteiger partial charge in [-0.15, -0.1) is 0 Å². The zero-order chi connectivity index (χ0) is 20.6. The van der Waals surface area contributed by atoms with Crippen molar-refractivity contribution in [3.8, 4) is 0 Å². The fourth-order valence-electron chi connectivity index (χ4n) is 3.41. The molecule has 1 amide bonds. The van der Waals surface area contributed by atoms with E-state index in [1.54, 1.807) is 0 Å². The molecule has 1 rings (SSSR count). The number of anilines is 1. The van der Waals surface area contributed by atoms with Gasteiger partial charge in [-0.2, -0.15) is 0 Å². The maximum Gasteiger partial charge on any atom is 0.226 e. The smallest absolute Gasteiger partial charge is 0.226 e. The summed E-state index contributed by atoms with van der Waals surface area (Å²) in [5.74, 6) is 0.411. The zero-order valence-electron chi connectivity index (χ0n) is 18.2. The molecule has 0 heterocycles. The largest absolute Gasteiger partial charge is 0.332 e. The van der Waals surface area contributed by atoms with Crippen molar-refractivity contribution in [3.63, 3.8) is 0 Å². The number of carbonyl (C=O) groups is 1. The highest BCUT2D eigenvalue weighted by Crippen LogP contribution is 2.23. The van der Waals surface area contributed by atoms with E-state index in [0.717, 1.165) is 18.5 Å². The van der Waals surface area contributed by atoms with E-state index < -0.39 is 0 Å². The molecular formula is C24H40N2OS. The first-order valence-corrected chi connectivity index (χ1v) is 11.6. The van der Waals surface area contributed by atoms with E-state index in [0.29, 0.717) is 17.5 Å². The molecule has 0 radical (unpaired) electrons. The first-order chi connectivity index (χ1) is 13.5. The standard InChI is InChI=1S/C24H40N2OS/c1-4-5-6-7-8-9-10-11-12-13-14-19-23(27)26-24(28)25-22-18-16-15-17-21(22)20(2)3/h15-18,20H,4-14,19H2,1-3H3,(H2,25,26,27,28). The molecule has 1 aromatic carbocycles. The second-order valence-corrected chi connectivity index (χ2v) is 8.44. The van der Waals surface area contributed by atoms with Gasteiger partial charge in [0.15, 0.2) is 5.11 Å². The molecule has 0 aliphatic carbocycles. The van der Waals surface area contributed by atoms with Gasteiger partial charge < -0.3 is 10.6 Å². The molecule has 0 saturated heterocycles. The molecule has 2 N–H and O–H groups in total. The van der Waals surface area contributed by atoms with E-state index in [1.165, 1.54) is 63.4 Å². The zero-order valence-corrected chi connectivity index (χ0v) is 19.0. The van der Waals surface area contributed by atoms with Crippen LogP contribution in [0, 0.1) is 0 Å². The lowest BCUT2D eigenvalue weighted by molar-refractivity contribution is -0.119. The predicted octanol–water partition coefficient (Wildman–Crippen LogP) is 7.32. The second kappa shape index (κ2) is 15.5. The van der Waals surface area contributed by atoms with Crippen LogP contribution in [0.2, 0.25) is 0 Å². The summed E-state index contributed by atoms with van der Waals surface area (Å²) in [5.41, 5.74) is 2.17. The average molecular weight is 405 g/mol. The van der Waals surface area contributed by atoms with Crippen LogP contribution in [-0.2, 0) is 4.79 Å². The third-order valence-electron chi connectivity index (χ3n) is 5.09. The van der Waals surface area contributed by atoms with Crippen LogP contribution in [0.15, 0.2) is 24.3 Å². The van der Waals surface area contributed by atoms with Gasteiger partial charge in [-0.25, -0.2) is 0 Å². The van der Waals surface area contributed by atoms with Gasteiger partial charge in [0.25, 0.3) is 0 Å². The molecule has 0 unspecified atom stereocenters. The summed E-state index contributed by atoms with van der Waals surface area (Å²) < 4.78 is 0. The van der Waals surface area contributed by atoms with Crippen molar-refractivity contribution < 1.29 is 4.79 Å². The molecule has 0 fully saturated rings. The number of hydrogen-bond donors (Lipinski definition) is 2. The SMILES string of the molecule is CCCCCCCCCCCCCC(=O)NC(=S)Nc1ccccc1C(C)C. The Bertz CT molecular complexity index is 571. The van der Waals surface area contributed by atoms with Crippen molar-refractivity contribution in [1.29, 1.82) is 0 Å². The molecule has 0 aliphatic heterocycles. The summed E-state index contributed by atoms with van der Waals surface area (Å²) in [6, 6.07) is 8.08. The minimum atomic E-state index is 0.00968. The number of amides is 1. The van der Waals surface area contributed by atoms with Crippen LogP contribution < -0.4 is 10.6 Å². The lowest BCUT2D eigenvalue weighted by atomic mass is 10.0. The minimum absolute atomic E-state index is 0.00968. The van der Waals surface area contributed by atoms with Gasteiger partial charge in [-0.05, 0) is 36.2 Å². The monoisotopic (exact) mass is 404 g/mol. The number of nitrogens with one attached hydrogen (secondary N) is 2. The molecule has 158 valence electrons. The fourth-order valence-corrected chi connectivity index (χ4v) is 3.63. The number of para-hydroxylation sites is 1. The van der Waals surface area contributed by atoms with Crippen LogP contribution in [0.5, 0.6) is 0 Å². The summed E-state index contributed by atoms with van der Waals surface area (Å²) in [4.78, 5) is 12.1. The van der Waals surface area contributed by atoms with E-state index in [1.807, 2.05) is 18.2 Å². The van der Waals surface area contributed by atoms with Crippen molar-refractivity contribution in [3.05, 3.63) is 29.8 Å². The molecule has 3 nitrogen and oxygen atoms in total. The molecule has 1 aromatic rings. The summed E-state index contributed by atoms with van der Waals surface area (Å²) in [7, 11) is 0. The Labute approximate surface area is 178 Å². The highest BCUT2D eigenvalue weighted by Gasteiger charge is 2.09. The van der Waals surface area contributed by atoms with E-state index in [9.17, 15) is 4.79 Å². The Hall–Kier alpha value is -1.42. The molecule has 28 heavy (non-hydrogen) atoms. The van der Waals surface area contributed by atoms with Crippen LogP contribution >= 0.6 is 12.2 Å². The van der Waals surface area contributed by atoms with Crippen LogP contribution in [0.4, 0.5) is 5.69 Å². The summed E-state index contributed by atoms with van der Waals surface area (Å²) in [5, 5.41) is 6.37. The van der Waals surface area contributed by atoms with Crippen molar-refractivity contribution in [2.45, 2.75) is 104 Å². The van der Waals surface area contributed by atoms with Gasteiger partial charge >= 0.3 is 0 Å². The maximum absolute atomic E-state index is 12.1. The van der Waals surface area contributed by atoms with E-state index in [-0.39, 0.29) is 5.91 Å². The summed E-state index contributed by atoms with van der Waals surface area (Å²) in [6.45, 7) is 6.55. The van der Waals surface area contributed by atoms with Gasteiger partial charge in [-0.3, -0.25) is 4.79 Å². The number of hydrogen-bond acceptors (Lipinski definition) is 2. The Balaban J connectivity index is 2.08. The van der Waals surface area contributed by atoms with E-state index in [4.69, 9.17) is 12.2 Å². The Kier molecular flexibility index (Phi) is 13.6. The van der Waals surface area contributed by atoms with Crippen molar-refractivity contribution in [2.24, 2.45) is 0 Å². The molecule has 0 bridgehead atoms. The third-order valence-corrected chi connectivity index (χ3v) is 5.30. The summed E-state index contributed by atoms with van der Waals surface area (Å²) in [6.07, 6.45) is 14.7. The first kappa shape index (κ1) is 24.6. The molecular weight excluding hydrogens is 364 g/mol. The highest BCUT2D eigenvalue weighted by molar-refractivity contribution is 7.80. The Morgan fingerprint density at radius 2 is 1.43 bits per heavy atom. The quantitative estimate of drug-likeness (QED) is 0.252. The molecule has 0 aliphatic rings. The molecule has 0 spiro atoms. The lowest BCUT2D eigenvalue weighted by Crippen LogP contribution is -2.34. The predicted molar refractivity (Wildman–Crippen MR) is 126 cm³/mol. The van der Waals surface area contributed by atoms with Crippen molar-refractivity contribution >= 4 is 28.9 Å². The summed E-state index contributed by atoms with van der Waals surface area (Å²) >= 11 is 5.30. The van der Waals surface area contributed by atoms with Gasteiger partial charge in [0, 0.05) is 12.1 Å². The average Bonchev–Trinajstić information content (AvgIpc) is 2.66. The van der Waals surface area contributed by atoms with Gasteiger partial charge in [0.1, 0.15) is 0 Å². The first-order valence-electron chi connectivity index (χ1n) is 11.2. The number of thiocarbonyl (C=S) groups is 1. The van der Waals surface area contributed by atoms with Crippen molar-refractivity contribution in [1.82, 2.24) is 5.32 Å². The van der Waals surface area contributed by atoms with Crippen molar-refractivity contribution in [2.75, 3.05) is 5.32 Å². The van der Waals surface area contributed by atoms with Gasteiger partial charge in [0.05, 0.1) is 0 Å². The third kappa shape index (κ3) is 11.4. The van der Waals surface area contributed by atoms with Gasteiger partial charge in [-0.1, -0.05) is 103 Å². The second-order valence-electron chi connectivity index (χ2n) is 8.03. The number of rotatable bonds is 14. The van der Waals surface area contributed by atoms with Crippen LogP contribution in [0.25, 0.3) is 0 Å². The van der Waals surface area contributed by atoms with E-state index in [2.05, 4.69) is 37.5 Å². The number of carbonyl (C=O) groups excluding carboxylic acids is 1. The molecule has 0 atom stereocenters. The molecule has 0 aromatic heterocycles. The Morgan fingerprint density at radius 3 is 2.00 bits per heavy atom. The highest BCUT2D eigenvalue weighted by atomic mass is 32.1. The molecule has 4 heteroatoms. The number of benzene rings is 1. The fraction of sp³-hybridized carbons (Fsp3) is 0.667. The van der Waals surface area contributed by atoms with Crippen LogP contribution in [0.1, 0.15) is 109 Å². The number of unbranched alkanes of at least 4 members (excludes halogenated alkanes) is 10. The molecule has 0 saturated carbocycles. The minimum Gasteiger partial charge on any atom is -0.332 e. The lowest BCUT2D eigenvalue weighted by Gasteiger charge is -2.15. The normalized spacial score (nSPS) is 10.9. The maximum atomic E-state index is 12.1. The van der Waals surface area contributed by atoms with E-state index >= 15 is 0 Å².